The first-order valence-electron chi connectivity index (χ1n) is 6.46. The third-order valence-electron chi connectivity index (χ3n) is 3.14. The molecule has 20 heavy (non-hydrogen) atoms. The Bertz CT molecular complexity index is 748. The van der Waals surface area contributed by atoms with Crippen LogP contribution in [0.15, 0.2) is 29.4 Å². The van der Waals surface area contributed by atoms with Crippen molar-refractivity contribution in [3.63, 3.8) is 0 Å². The molecule has 0 radical (unpaired) electrons. The normalized spacial score (nSPS) is 11.2. The van der Waals surface area contributed by atoms with Gasteiger partial charge in [-0.3, -0.25) is 0 Å². The summed E-state index contributed by atoms with van der Waals surface area (Å²) in [5.74, 6) is 0. The first-order valence-corrected chi connectivity index (χ1v) is 7.68. The molecule has 0 aliphatic carbocycles. The van der Waals surface area contributed by atoms with Gasteiger partial charge in [-0.05, 0) is 31.7 Å². The summed E-state index contributed by atoms with van der Waals surface area (Å²) in [4.78, 5) is 4.53. The number of aryl methyl sites for hydroxylation is 2. The molecule has 0 spiro atoms. The Kier molecular flexibility index (Phi) is 3.40. The Hall–Kier alpha value is -1.95. The quantitative estimate of drug-likeness (QED) is 0.693. The van der Waals surface area contributed by atoms with Gasteiger partial charge in [0.1, 0.15) is 5.52 Å². The summed E-state index contributed by atoms with van der Waals surface area (Å²) in [7, 11) is 0. The second-order valence-electron chi connectivity index (χ2n) is 4.52. The van der Waals surface area contributed by atoms with Crippen LogP contribution in [0.25, 0.3) is 16.9 Å². The molecule has 0 aliphatic rings. The molecular weight excluding hydrogens is 270 g/mol. The van der Waals surface area contributed by atoms with Crippen molar-refractivity contribution < 1.29 is 0 Å². The highest BCUT2D eigenvalue weighted by atomic mass is 32.2. The molecule has 0 bridgehead atoms. The number of hydrogen-bond acceptors (Lipinski definition) is 5. The predicted octanol–water partition coefficient (Wildman–Crippen LogP) is 2.80. The van der Waals surface area contributed by atoms with Crippen molar-refractivity contribution in [3.8, 4) is 5.69 Å². The molecule has 0 fully saturated rings. The zero-order valence-electron chi connectivity index (χ0n) is 11.7. The molecular formula is C14H15N5S. The van der Waals surface area contributed by atoms with Crippen molar-refractivity contribution in [3.05, 3.63) is 35.5 Å². The van der Waals surface area contributed by atoms with Gasteiger partial charge in [0.2, 0.25) is 10.8 Å². The third-order valence-corrected chi connectivity index (χ3v) is 3.68. The lowest BCUT2D eigenvalue weighted by Crippen LogP contribution is -1.99. The van der Waals surface area contributed by atoms with E-state index in [2.05, 4.69) is 46.3 Å². The van der Waals surface area contributed by atoms with Crippen LogP contribution in [0.1, 0.15) is 18.2 Å². The lowest BCUT2D eigenvalue weighted by Gasteiger charge is -2.02. The van der Waals surface area contributed by atoms with Gasteiger partial charge in [-0.1, -0.05) is 36.4 Å². The molecule has 5 nitrogen and oxygen atoms in total. The van der Waals surface area contributed by atoms with Crippen LogP contribution in [0, 0.1) is 6.92 Å². The highest BCUT2D eigenvalue weighted by Crippen LogP contribution is 2.21. The maximum absolute atomic E-state index is 4.63. The third kappa shape index (κ3) is 2.16. The lowest BCUT2D eigenvalue weighted by molar-refractivity contribution is 0.827. The van der Waals surface area contributed by atoms with Crippen molar-refractivity contribution in [1.82, 2.24) is 25.0 Å². The number of nitrogens with zero attached hydrogens (tertiary/aromatic N) is 5. The summed E-state index contributed by atoms with van der Waals surface area (Å²) in [5, 5.41) is 13.7. The van der Waals surface area contributed by atoms with E-state index in [0.29, 0.717) is 10.8 Å². The van der Waals surface area contributed by atoms with Gasteiger partial charge in [0.25, 0.3) is 0 Å². The monoisotopic (exact) mass is 285 g/mol. The fraction of sp³-hybridized carbons (Fsp3) is 0.286. The van der Waals surface area contributed by atoms with E-state index in [0.717, 1.165) is 23.3 Å². The van der Waals surface area contributed by atoms with Crippen LogP contribution in [0.3, 0.4) is 0 Å². The van der Waals surface area contributed by atoms with E-state index in [9.17, 15) is 0 Å². The molecule has 6 heteroatoms. The molecule has 0 unspecified atom stereocenters. The molecule has 2 aromatic heterocycles. The SMILES string of the molecule is CCc1nn(-c2ccc(C)cc2)c2nnc(SC)nc12. The Balaban J connectivity index is 2.23. The molecule has 0 atom stereocenters. The largest absolute Gasteiger partial charge is 0.216 e. The van der Waals surface area contributed by atoms with E-state index in [4.69, 9.17) is 0 Å². The van der Waals surface area contributed by atoms with E-state index >= 15 is 0 Å². The summed E-state index contributed by atoms with van der Waals surface area (Å²) in [6.45, 7) is 4.14. The van der Waals surface area contributed by atoms with Crippen LogP contribution >= 0.6 is 11.8 Å². The predicted molar refractivity (Wildman–Crippen MR) is 80.4 cm³/mol. The van der Waals surface area contributed by atoms with Crippen LogP contribution < -0.4 is 0 Å². The van der Waals surface area contributed by atoms with Gasteiger partial charge < -0.3 is 0 Å². The smallest absolute Gasteiger partial charge is 0.209 e. The average Bonchev–Trinajstić information content (AvgIpc) is 2.86. The maximum Gasteiger partial charge on any atom is 0.209 e. The van der Waals surface area contributed by atoms with Crippen LogP contribution in [0.5, 0.6) is 0 Å². The van der Waals surface area contributed by atoms with Crippen LogP contribution in [0.4, 0.5) is 0 Å². The summed E-state index contributed by atoms with van der Waals surface area (Å²) in [6, 6.07) is 8.19. The van der Waals surface area contributed by atoms with Gasteiger partial charge in [0.05, 0.1) is 11.4 Å². The molecule has 1 aromatic carbocycles. The number of rotatable bonds is 3. The fourth-order valence-electron chi connectivity index (χ4n) is 2.05. The van der Waals surface area contributed by atoms with E-state index in [-0.39, 0.29) is 0 Å². The number of thioether (sulfide) groups is 1. The highest BCUT2D eigenvalue weighted by molar-refractivity contribution is 7.98. The van der Waals surface area contributed by atoms with Gasteiger partial charge >= 0.3 is 0 Å². The standard InChI is InChI=1S/C14H15N5S/c1-4-11-12-13(16-17-14(15-12)20-3)19(18-11)10-7-5-9(2)6-8-10/h5-8H,4H2,1-3H3. The number of hydrogen-bond donors (Lipinski definition) is 0. The van der Waals surface area contributed by atoms with Crippen molar-refractivity contribution >= 4 is 22.9 Å². The van der Waals surface area contributed by atoms with E-state index in [1.807, 2.05) is 23.1 Å². The van der Waals surface area contributed by atoms with Crippen LogP contribution in [-0.2, 0) is 6.42 Å². The van der Waals surface area contributed by atoms with E-state index in [1.165, 1.54) is 17.3 Å². The summed E-state index contributed by atoms with van der Waals surface area (Å²) < 4.78 is 1.82. The van der Waals surface area contributed by atoms with Gasteiger partial charge in [-0.25, -0.2) is 9.67 Å². The fourth-order valence-corrected chi connectivity index (χ4v) is 2.35. The number of aromatic nitrogens is 5. The van der Waals surface area contributed by atoms with Crippen molar-refractivity contribution in [2.75, 3.05) is 6.26 Å². The summed E-state index contributed by atoms with van der Waals surface area (Å²) >= 11 is 1.49. The lowest BCUT2D eigenvalue weighted by atomic mass is 10.2. The molecule has 3 aromatic rings. The maximum atomic E-state index is 4.63. The molecule has 102 valence electrons. The van der Waals surface area contributed by atoms with Crippen molar-refractivity contribution in [1.29, 1.82) is 0 Å². The van der Waals surface area contributed by atoms with Gasteiger partial charge in [0.15, 0.2) is 0 Å². The number of benzene rings is 1. The Morgan fingerprint density at radius 1 is 1.15 bits per heavy atom. The topological polar surface area (TPSA) is 56.5 Å². The number of fused-ring (bicyclic) bond motifs is 1. The molecule has 0 N–H and O–H groups in total. The summed E-state index contributed by atoms with van der Waals surface area (Å²) in [5.41, 5.74) is 4.70. The molecule has 2 heterocycles. The molecule has 0 saturated carbocycles. The zero-order valence-corrected chi connectivity index (χ0v) is 12.5. The van der Waals surface area contributed by atoms with Gasteiger partial charge in [-0.15, -0.1) is 10.2 Å². The van der Waals surface area contributed by atoms with Crippen LogP contribution in [0.2, 0.25) is 0 Å². The van der Waals surface area contributed by atoms with Crippen molar-refractivity contribution in [2.45, 2.75) is 25.4 Å². The first kappa shape index (κ1) is 13.1. The van der Waals surface area contributed by atoms with E-state index < -0.39 is 0 Å². The molecule has 0 amide bonds. The van der Waals surface area contributed by atoms with E-state index in [1.54, 1.807) is 0 Å². The molecule has 3 rings (SSSR count). The Morgan fingerprint density at radius 3 is 2.55 bits per heavy atom. The van der Waals surface area contributed by atoms with Crippen LogP contribution in [-0.4, -0.2) is 31.2 Å². The van der Waals surface area contributed by atoms with Gasteiger partial charge in [0, 0.05) is 0 Å². The molecule has 0 aliphatic heterocycles. The zero-order chi connectivity index (χ0) is 14.1. The minimum Gasteiger partial charge on any atom is -0.216 e. The Morgan fingerprint density at radius 2 is 1.90 bits per heavy atom. The average molecular weight is 285 g/mol. The molecule has 0 saturated heterocycles. The highest BCUT2D eigenvalue weighted by Gasteiger charge is 2.14. The minimum atomic E-state index is 0.677. The second kappa shape index (κ2) is 5.20. The first-order chi connectivity index (χ1) is 9.72. The summed E-state index contributed by atoms with van der Waals surface area (Å²) in [6.07, 6.45) is 2.76. The Labute approximate surface area is 121 Å². The second-order valence-corrected chi connectivity index (χ2v) is 5.29. The van der Waals surface area contributed by atoms with Gasteiger partial charge in [-0.2, -0.15) is 5.10 Å². The van der Waals surface area contributed by atoms with Crippen molar-refractivity contribution in [2.24, 2.45) is 0 Å². The minimum absolute atomic E-state index is 0.677.